The predicted molar refractivity (Wildman–Crippen MR) is 45.4 cm³/mol. The molecule has 2 atom stereocenters. The molecule has 1 aliphatic heterocycles. The van der Waals surface area contributed by atoms with Gasteiger partial charge in [0.1, 0.15) is 0 Å². The van der Waals surface area contributed by atoms with Crippen molar-refractivity contribution in [2.75, 3.05) is 26.5 Å². The molecule has 1 N–H and O–H groups in total. The lowest BCUT2D eigenvalue weighted by Gasteiger charge is -2.20. The first-order valence-corrected chi connectivity index (χ1v) is 4.92. The summed E-state index contributed by atoms with van der Waals surface area (Å²) < 4.78 is 0. The molecule has 1 rings (SSSR count). The van der Waals surface area contributed by atoms with Crippen LogP contribution in [0.4, 0.5) is 0 Å². The molecule has 0 saturated carbocycles. The topological polar surface area (TPSA) is 23.5 Å². The lowest BCUT2D eigenvalue weighted by atomic mass is 10.2. The lowest BCUT2D eigenvalue weighted by Crippen LogP contribution is -2.33. The van der Waals surface area contributed by atoms with E-state index in [0.29, 0.717) is 17.9 Å². The van der Waals surface area contributed by atoms with E-state index >= 15 is 0 Å². The standard InChI is InChI=1S/C7H15NOS/c1-8-4-3-7(10-2)6(8)5-9/h6-7,9H,3-5H2,1-2H3. The third kappa shape index (κ3) is 1.47. The Bertz CT molecular complexity index is 110. The minimum Gasteiger partial charge on any atom is -0.395 e. The Hall–Kier alpha value is 0.270. The monoisotopic (exact) mass is 161 g/mol. The predicted octanol–water partition coefficient (Wildman–Crippen LogP) is 0.414. The van der Waals surface area contributed by atoms with Crippen molar-refractivity contribution in [1.29, 1.82) is 0 Å². The van der Waals surface area contributed by atoms with Crippen LogP contribution in [0.15, 0.2) is 0 Å². The maximum Gasteiger partial charge on any atom is 0.0597 e. The minimum absolute atomic E-state index is 0.308. The summed E-state index contributed by atoms with van der Waals surface area (Å²) in [6, 6.07) is 0.398. The molecule has 0 amide bonds. The minimum atomic E-state index is 0.308. The maximum atomic E-state index is 8.98. The van der Waals surface area contributed by atoms with E-state index in [1.807, 2.05) is 11.8 Å². The quantitative estimate of drug-likeness (QED) is 0.635. The molecular formula is C7H15NOS. The molecule has 2 nitrogen and oxygen atoms in total. The zero-order valence-electron chi connectivity index (χ0n) is 6.58. The molecule has 1 saturated heterocycles. The first-order chi connectivity index (χ1) is 4.79. The number of rotatable bonds is 2. The van der Waals surface area contributed by atoms with Crippen molar-refractivity contribution < 1.29 is 5.11 Å². The first-order valence-electron chi connectivity index (χ1n) is 3.63. The number of thioether (sulfide) groups is 1. The summed E-state index contributed by atoms with van der Waals surface area (Å²) in [5.74, 6) is 0. The van der Waals surface area contributed by atoms with Crippen molar-refractivity contribution in [3.63, 3.8) is 0 Å². The molecule has 2 unspecified atom stereocenters. The molecule has 1 heterocycles. The van der Waals surface area contributed by atoms with Crippen LogP contribution >= 0.6 is 11.8 Å². The average molecular weight is 161 g/mol. The number of nitrogens with zero attached hydrogens (tertiary/aromatic N) is 1. The van der Waals surface area contributed by atoms with E-state index in [9.17, 15) is 0 Å². The largest absolute Gasteiger partial charge is 0.395 e. The second-order valence-electron chi connectivity index (χ2n) is 2.79. The van der Waals surface area contributed by atoms with E-state index in [1.54, 1.807) is 0 Å². The first kappa shape index (κ1) is 8.37. The van der Waals surface area contributed by atoms with E-state index in [0.717, 1.165) is 6.54 Å². The Kier molecular flexibility index (Phi) is 3.01. The molecule has 0 aromatic carbocycles. The van der Waals surface area contributed by atoms with Gasteiger partial charge in [-0.1, -0.05) is 0 Å². The maximum absolute atomic E-state index is 8.98. The van der Waals surface area contributed by atoms with Gasteiger partial charge >= 0.3 is 0 Å². The molecule has 1 fully saturated rings. The number of hydrogen-bond donors (Lipinski definition) is 1. The number of likely N-dealkylation sites (N-methyl/N-ethyl adjacent to an activating group) is 1. The van der Waals surface area contributed by atoms with Gasteiger partial charge in [0.25, 0.3) is 0 Å². The van der Waals surface area contributed by atoms with Crippen LogP contribution in [0.25, 0.3) is 0 Å². The molecule has 10 heavy (non-hydrogen) atoms. The van der Waals surface area contributed by atoms with Crippen molar-refractivity contribution in [2.24, 2.45) is 0 Å². The molecule has 1 aliphatic rings. The van der Waals surface area contributed by atoms with Crippen LogP contribution in [0, 0.1) is 0 Å². The summed E-state index contributed by atoms with van der Waals surface area (Å²) >= 11 is 1.87. The fourth-order valence-electron chi connectivity index (χ4n) is 1.50. The molecule has 0 spiro atoms. The second kappa shape index (κ2) is 3.60. The molecule has 0 radical (unpaired) electrons. The zero-order valence-corrected chi connectivity index (χ0v) is 7.40. The fourth-order valence-corrected chi connectivity index (χ4v) is 2.45. The Labute approximate surface area is 66.6 Å². The number of hydrogen-bond acceptors (Lipinski definition) is 3. The highest BCUT2D eigenvalue weighted by Gasteiger charge is 2.29. The van der Waals surface area contributed by atoms with Crippen molar-refractivity contribution in [1.82, 2.24) is 4.90 Å². The highest BCUT2D eigenvalue weighted by Crippen LogP contribution is 2.25. The van der Waals surface area contributed by atoms with Crippen molar-refractivity contribution in [3.05, 3.63) is 0 Å². The number of aliphatic hydroxyl groups excluding tert-OH is 1. The van der Waals surface area contributed by atoms with Crippen LogP contribution in [-0.2, 0) is 0 Å². The van der Waals surface area contributed by atoms with Crippen molar-refractivity contribution in [2.45, 2.75) is 17.7 Å². The van der Waals surface area contributed by atoms with Gasteiger partial charge in [0, 0.05) is 11.3 Å². The lowest BCUT2D eigenvalue weighted by molar-refractivity contribution is 0.184. The molecule has 3 heteroatoms. The van der Waals surface area contributed by atoms with Gasteiger partial charge in [-0.2, -0.15) is 11.8 Å². The van der Waals surface area contributed by atoms with Gasteiger partial charge in [-0.05, 0) is 26.3 Å². The van der Waals surface area contributed by atoms with E-state index in [1.165, 1.54) is 6.42 Å². The van der Waals surface area contributed by atoms with Crippen LogP contribution in [0.3, 0.4) is 0 Å². The summed E-state index contributed by atoms with van der Waals surface area (Å²) in [6.07, 6.45) is 3.34. The molecule has 60 valence electrons. The number of likely N-dealkylation sites (tertiary alicyclic amines) is 1. The van der Waals surface area contributed by atoms with Gasteiger partial charge in [-0.15, -0.1) is 0 Å². The zero-order chi connectivity index (χ0) is 7.56. The average Bonchev–Trinajstić information content (AvgIpc) is 2.30. The van der Waals surface area contributed by atoms with Crippen molar-refractivity contribution >= 4 is 11.8 Å². The van der Waals surface area contributed by atoms with Crippen LogP contribution in [-0.4, -0.2) is 47.8 Å². The third-order valence-electron chi connectivity index (χ3n) is 2.25. The molecular weight excluding hydrogens is 146 g/mol. The summed E-state index contributed by atoms with van der Waals surface area (Å²) in [6.45, 7) is 1.44. The summed E-state index contributed by atoms with van der Waals surface area (Å²) in [5, 5.41) is 9.63. The van der Waals surface area contributed by atoms with Crippen LogP contribution < -0.4 is 0 Å². The number of aliphatic hydroxyl groups is 1. The summed E-state index contributed by atoms with van der Waals surface area (Å²) in [5.41, 5.74) is 0. The van der Waals surface area contributed by atoms with E-state index in [4.69, 9.17) is 5.11 Å². The molecule has 0 bridgehead atoms. The third-order valence-corrected chi connectivity index (χ3v) is 3.41. The Morgan fingerprint density at radius 1 is 1.70 bits per heavy atom. The Balaban J connectivity index is 2.45. The van der Waals surface area contributed by atoms with Gasteiger partial charge in [0.05, 0.1) is 6.61 Å². The highest BCUT2D eigenvalue weighted by molar-refractivity contribution is 7.99. The molecule has 0 aromatic rings. The van der Waals surface area contributed by atoms with Crippen molar-refractivity contribution in [3.8, 4) is 0 Å². The Morgan fingerprint density at radius 2 is 2.40 bits per heavy atom. The smallest absolute Gasteiger partial charge is 0.0597 e. The van der Waals surface area contributed by atoms with Gasteiger partial charge in [0.15, 0.2) is 0 Å². The van der Waals surface area contributed by atoms with E-state index in [2.05, 4.69) is 18.2 Å². The van der Waals surface area contributed by atoms with Gasteiger partial charge in [-0.3, -0.25) is 4.90 Å². The highest BCUT2D eigenvalue weighted by atomic mass is 32.2. The molecule has 0 aliphatic carbocycles. The van der Waals surface area contributed by atoms with E-state index < -0.39 is 0 Å². The molecule has 0 aromatic heterocycles. The normalized spacial score (nSPS) is 35.1. The second-order valence-corrected chi connectivity index (χ2v) is 3.87. The fraction of sp³-hybridized carbons (Fsp3) is 1.00. The van der Waals surface area contributed by atoms with E-state index in [-0.39, 0.29) is 0 Å². The summed E-state index contributed by atoms with van der Waals surface area (Å²) in [4.78, 5) is 2.24. The van der Waals surface area contributed by atoms with Gasteiger partial charge < -0.3 is 5.11 Å². The SMILES string of the molecule is CSC1CCN(C)C1CO. The Morgan fingerprint density at radius 3 is 2.80 bits per heavy atom. The van der Waals surface area contributed by atoms with Crippen LogP contribution in [0.5, 0.6) is 0 Å². The van der Waals surface area contributed by atoms with Crippen LogP contribution in [0.2, 0.25) is 0 Å². The van der Waals surface area contributed by atoms with Crippen LogP contribution in [0.1, 0.15) is 6.42 Å². The van der Waals surface area contributed by atoms with Gasteiger partial charge in [0.2, 0.25) is 0 Å². The van der Waals surface area contributed by atoms with Gasteiger partial charge in [-0.25, -0.2) is 0 Å². The summed E-state index contributed by atoms with van der Waals surface area (Å²) in [7, 11) is 2.08.